The molecule has 2 aliphatic rings. The monoisotopic (exact) mass is 345 g/mol. The number of hydrogen-bond acceptors (Lipinski definition) is 4. The lowest BCUT2D eigenvalue weighted by molar-refractivity contribution is 0.00578. The molecule has 4 nitrogen and oxygen atoms in total. The molecule has 0 bridgehead atoms. The Morgan fingerprint density at radius 2 is 1.76 bits per heavy atom. The van der Waals surface area contributed by atoms with E-state index in [-0.39, 0.29) is 18.3 Å². The zero-order valence-electron chi connectivity index (χ0n) is 16.8. The molecule has 1 fully saturated rings. The van der Waals surface area contributed by atoms with Gasteiger partial charge in [-0.05, 0) is 77.0 Å². The summed E-state index contributed by atoms with van der Waals surface area (Å²) in [7, 11) is -0.321. The first kappa shape index (κ1) is 18.9. The smallest absolute Gasteiger partial charge is 0.399 e. The van der Waals surface area contributed by atoms with Gasteiger partial charge in [0.25, 0.3) is 0 Å². The lowest BCUT2D eigenvalue weighted by Crippen LogP contribution is -2.42. The Labute approximate surface area is 152 Å². The largest absolute Gasteiger partial charge is 0.494 e. The van der Waals surface area contributed by atoms with E-state index in [2.05, 4.69) is 51.7 Å². The summed E-state index contributed by atoms with van der Waals surface area (Å²) in [6, 6.07) is 4.45. The molecule has 0 atom stereocenters. The second-order valence-electron chi connectivity index (χ2n) is 9.34. The molecular weight excluding hydrogens is 313 g/mol. The third-order valence-electron chi connectivity index (χ3n) is 5.80. The lowest BCUT2D eigenvalue weighted by atomic mass is 9.75. The fourth-order valence-corrected chi connectivity index (χ4v) is 3.81. The van der Waals surface area contributed by atoms with Crippen LogP contribution in [0, 0.1) is 6.92 Å². The number of nitrogens with zero attached hydrogens (tertiary/aromatic N) is 1. The third-order valence-corrected chi connectivity index (χ3v) is 5.80. The van der Waals surface area contributed by atoms with Crippen molar-refractivity contribution in [1.82, 2.24) is 4.90 Å². The number of hydrogen-bond donors (Lipinski definition) is 1. The average Bonchev–Trinajstić information content (AvgIpc) is 2.65. The summed E-state index contributed by atoms with van der Waals surface area (Å²) >= 11 is 0. The van der Waals surface area contributed by atoms with E-state index in [1.165, 1.54) is 16.7 Å². The van der Waals surface area contributed by atoms with Gasteiger partial charge in [-0.1, -0.05) is 12.1 Å². The maximum absolute atomic E-state index is 10.1. The van der Waals surface area contributed by atoms with Crippen molar-refractivity contribution in [3.05, 3.63) is 28.8 Å². The van der Waals surface area contributed by atoms with Gasteiger partial charge in [0.1, 0.15) is 0 Å². The molecule has 0 radical (unpaired) electrons. The highest BCUT2D eigenvalue weighted by Gasteiger charge is 2.51. The lowest BCUT2D eigenvalue weighted by Gasteiger charge is -2.34. The van der Waals surface area contributed by atoms with E-state index < -0.39 is 5.60 Å². The van der Waals surface area contributed by atoms with Crippen molar-refractivity contribution in [3.63, 3.8) is 0 Å². The summed E-state index contributed by atoms with van der Waals surface area (Å²) < 4.78 is 12.5. The molecular formula is C20H32BNO3. The molecule has 3 rings (SSSR count). The topological polar surface area (TPSA) is 41.9 Å². The molecule has 0 amide bonds. The van der Waals surface area contributed by atoms with Crippen LogP contribution in [0.3, 0.4) is 0 Å². The van der Waals surface area contributed by atoms with Crippen LogP contribution in [0.4, 0.5) is 0 Å². The zero-order chi connectivity index (χ0) is 18.6. The SMILES string of the molecule is Cc1cc(B2OC(C)(C)C(C)(C)O2)cc2c1CCN(CC(C)(C)O)C2. The molecule has 0 unspecified atom stereocenters. The number of fused-ring (bicyclic) bond motifs is 1. The van der Waals surface area contributed by atoms with Crippen LogP contribution in [0.1, 0.15) is 58.2 Å². The number of β-amino-alcohol motifs (C(OH)–C–C–N with tert-alkyl or cyclic N) is 1. The Balaban J connectivity index is 1.86. The Kier molecular flexibility index (Phi) is 4.60. The predicted molar refractivity (Wildman–Crippen MR) is 102 cm³/mol. The molecule has 0 aromatic heterocycles. The van der Waals surface area contributed by atoms with Gasteiger partial charge in [-0.15, -0.1) is 0 Å². The molecule has 25 heavy (non-hydrogen) atoms. The number of rotatable bonds is 3. The van der Waals surface area contributed by atoms with E-state index in [0.717, 1.165) is 25.0 Å². The Morgan fingerprint density at radius 1 is 1.16 bits per heavy atom. The fraction of sp³-hybridized carbons (Fsp3) is 0.700. The predicted octanol–water partition coefficient (Wildman–Crippen LogP) is 2.42. The van der Waals surface area contributed by atoms with Gasteiger partial charge in [0.2, 0.25) is 0 Å². The first-order chi connectivity index (χ1) is 11.4. The minimum absolute atomic E-state index is 0.321. The highest BCUT2D eigenvalue weighted by molar-refractivity contribution is 6.62. The first-order valence-electron chi connectivity index (χ1n) is 9.31. The maximum Gasteiger partial charge on any atom is 0.494 e. The Hall–Kier alpha value is -0.875. The van der Waals surface area contributed by atoms with Crippen molar-refractivity contribution < 1.29 is 14.4 Å². The van der Waals surface area contributed by atoms with E-state index in [0.29, 0.717) is 6.54 Å². The molecule has 1 N–H and O–H groups in total. The van der Waals surface area contributed by atoms with Crippen molar-refractivity contribution >= 4 is 12.6 Å². The minimum atomic E-state index is -0.671. The van der Waals surface area contributed by atoms with Gasteiger partial charge >= 0.3 is 7.12 Å². The van der Waals surface area contributed by atoms with Crippen LogP contribution in [-0.2, 0) is 22.3 Å². The van der Waals surface area contributed by atoms with Crippen LogP contribution >= 0.6 is 0 Å². The Bertz CT molecular complexity index is 648. The van der Waals surface area contributed by atoms with Crippen LogP contribution in [0.25, 0.3) is 0 Å². The molecule has 0 saturated carbocycles. The van der Waals surface area contributed by atoms with Gasteiger partial charge in [0.15, 0.2) is 0 Å². The van der Waals surface area contributed by atoms with Crippen LogP contribution < -0.4 is 5.46 Å². The average molecular weight is 345 g/mol. The van der Waals surface area contributed by atoms with Crippen molar-refractivity contribution in [2.24, 2.45) is 0 Å². The van der Waals surface area contributed by atoms with E-state index in [1.807, 2.05) is 13.8 Å². The molecule has 0 spiro atoms. The van der Waals surface area contributed by atoms with E-state index >= 15 is 0 Å². The third kappa shape index (κ3) is 3.80. The first-order valence-corrected chi connectivity index (χ1v) is 9.31. The zero-order valence-corrected chi connectivity index (χ0v) is 16.8. The molecule has 0 aliphatic carbocycles. The quantitative estimate of drug-likeness (QED) is 0.855. The van der Waals surface area contributed by atoms with E-state index in [4.69, 9.17) is 9.31 Å². The maximum atomic E-state index is 10.1. The second-order valence-corrected chi connectivity index (χ2v) is 9.34. The fourth-order valence-electron chi connectivity index (χ4n) is 3.81. The number of aryl methyl sites for hydroxylation is 1. The van der Waals surface area contributed by atoms with Gasteiger partial charge in [-0.2, -0.15) is 0 Å². The standard InChI is InChI=1S/C20H32BNO3/c1-14-10-16(21-24-19(4,5)20(6,7)25-21)11-15-12-22(9-8-17(14)15)13-18(2,3)23/h10-11,23H,8-9,12-13H2,1-7H3. The molecule has 1 aromatic carbocycles. The molecule has 1 saturated heterocycles. The molecule has 5 heteroatoms. The minimum Gasteiger partial charge on any atom is -0.399 e. The molecule has 138 valence electrons. The summed E-state index contributed by atoms with van der Waals surface area (Å²) in [5, 5.41) is 10.1. The van der Waals surface area contributed by atoms with Crippen LogP contribution in [0.15, 0.2) is 12.1 Å². The summed E-state index contributed by atoms with van der Waals surface area (Å²) in [5.74, 6) is 0. The molecule has 2 heterocycles. The van der Waals surface area contributed by atoms with Gasteiger partial charge in [0.05, 0.1) is 16.8 Å². The Morgan fingerprint density at radius 3 is 2.32 bits per heavy atom. The highest BCUT2D eigenvalue weighted by Crippen LogP contribution is 2.37. The van der Waals surface area contributed by atoms with Crippen molar-refractivity contribution in [2.45, 2.75) is 78.2 Å². The van der Waals surface area contributed by atoms with Crippen LogP contribution in [0.5, 0.6) is 0 Å². The van der Waals surface area contributed by atoms with Gasteiger partial charge in [-0.3, -0.25) is 4.90 Å². The molecule has 2 aliphatic heterocycles. The van der Waals surface area contributed by atoms with E-state index in [1.54, 1.807) is 0 Å². The number of aliphatic hydroxyl groups is 1. The van der Waals surface area contributed by atoms with Crippen molar-refractivity contribution in [2.75, 3.05) is 13.1 Å². The normalized spacial score (nSPS) is 23.0. The van der Waals surface area contributed by atoms with Gasteiger partial charge in [-0.25, -0.2) is 0 Å². The highest BCUT2D eigenvalue weighted by atomic mass is 16.7. The summed E-state index contributed by atoms with van der Waals surface area (Å²) in [6.07, 6.45) is 1.03. The van der Waals surface area contributed by atoms with Crippen LogP contribution in [0.2, 0.25) is 0 Å². The second kappa shape index (κ2) is 6.09. The van der Waals surface area contributed by atoms with E-state index in [9.17, 15) is 5.11 Å². The van der Waals surface area contributed by atoms with Gasteiger partial charge < -0.3 is 14.4 Å². The summed E-state index contributed by atoms with van der Waals surface area (Å²) in [4.78, 5) is 2.33. The summed E-state index contributed by atoms with van der Waals surface area (Å²) in [6.45, 7) is 16.8. The summed E-state index contributed by atoms with van der Waals surface area (Å²) in [5.41, 5.74) is 3.86. The van der Waals surface area contributed by atoms with Crippen LogP contribution in [-0.4, -0.2) is 47.0 Å². The van der Waals surface area contributed by atoms with Crippen molar-refractivity contribution in [3.8, 4) is 0 Å². The van der Waals surface area contributed by atoms with Crippen molar-refractivity contribution in [1.29, 1.82) is 0 Å². The van der Waals surface area contributed by atoms with Gasteiger partial charge in [0, 0.05) is 19.6 Å². The molecule has 1 aromatic rings. The number of benzene rings is 1.